The van der Waals surface area contributed by atoms with Crippen molar-refractivity contribution in [1.82, 2.24) is 0 Å². The molecule has 0 aromatic heterocycles. The number of thiol groups is 1. The Balaban J connectivity index is 3.34. The van der Waals surface area contributed by atoms with Crippen LogP contribution in [0.5, 0.6) is 0 Å². The maximum Gasteiger partial charge on any atom is 0.156 e. The van der Waals surface area contributed by atoms with Gasteiger partial charge in [0.05, 0.1) is 9.92 Å². The summed E-state index contributed by atoms with van der Waals surface area (Å²) in [5, 5.41) is 0.0909. The Morgan fingerprint density at radius 3 is 2.60 bits per heavy atom. The molecule has 10 heavy (non-hydrogen) atoms. The summed E-state index contributed by atoms with van der Waals surface area (Å²) >= 11 is 12.4. The van der Waals surface area contributed by atoms with Gasteiger partial charge in [0.25, 0.3) is 0 Å². The molecule has 0 heterocycles. The van der Waals surface area contributed by atoms with Crippen LogP contribution in [0.25, 0.3) is 0 Å². The van der Waals surface area contributed by atoms with Gasteiger partial charge < -0.3 is 0 Å². The quantitative estimate of drug-likeness (QED) is 0.521. The average Bonchev–Trinajstić information content (AvgIpc) is 1.93. The third-order valence-electron chi connectivity index (χ3n) is 1.02. The van der Waals surface area contributed by atoms with E-state index in [1.54, 1.807) is 6.07 Å². The van der Waals surface area contributed by atoms with Crippen molar-refractivity contribution in [3.63, 3.8) is 0 Å². The summed E-state index contributed by atoms with van der Waals surface area (Å²) in [4.78, 5) is 0.243. The van der Waals surface area contributed by atoms with Gasteiger partial charge >= 0.3 is 0 Å². The maximum absolute atomic E-state index is 12.8. The van der Waals surface area contributed by atoms with Crippen LogP contribution in [0.3, 0.4) is 0 Å². The molecule has 1 aromatic carbocycles. The molecule has 0 saturated heterocycles. The molecule has 0 aliphatic heterocycles. The van der Waals surface area contributed by atoms with Gasteiger partial charge in [-0.15, -0.1) is 12.6 Å². The van der Waals surface area contributed by atoms with E-state index in [4.69, 9.17) is 11.6 Å². The van der Waals surface area contributed by atoms with Crippen LogP contribution in [0.2, 0.25) is 5.02 Å². The van der Waals surface area contributed by atoms with E-state index >= 15 is 0 Å². The maximum atomic E-state index is 12.8. The van der Waals surface area contributed by atoms with Crippen molar-refractivity contribution in [3.8, 4) is 0 Å². The van der Waals surface area contributed by atoms with E-state index in [-0.39, 0.29) is 9.92 Å². The summed E-state index contributed by atoms with van der Waals surface area (Å²) in [6, 6.07) is 3.12. The van der Waals surface area contributed by atoms with Crippen LogP contribution in [0.15, 0.2) is 21.5 Å². The van der Waals surface area contributed by atoms with Gasteiger partial charge in [0.2, 0.25) is 0 Å². The first-order valence-electron chi connectivity index (χ1n) is 2.45. The van der Waals surface area contributed by atoms with E-state index in [0.29, 0.717) is 4.47 Å². The molecule has 4 heteroatoms. The Hall–Kier alpha value is 0.270. The van der Waals surface area contributed by atoms with Gasteiger partial charge in [0, 0.05) is 4.47 Å². The second-order valence-electron chi connectivity index (χ2n) is 1.69. The first-order valence-corrected chi connectivity index (χ1v) is 4.07. The molecule has 0 N–H and O–H groups in total. The zero-order chi connectivity index (χ0) is 7.72. The van der Waals surface area contributed by atoms with Gasteiger partial charge in [-0.25, -0.2) is 4.39 Å². The molecule has 54 valence electrons. The second-order valence-corrected chi connectivity index (χ2v) is 3.40. The molecular weight excluding hydrogens is 238 g/mol. The van der Waals surface area contributed by atoms with E-state index in [1.807, 2.05) is 0 Å². The SMILES string of the molecule is Fc1c(Cl)ccc(Br)c1S. The van der Waals surface area contributed by atoms with Crippen LogP contribution in [0.4, 0.5) is 4.39 Å². The number of halogens is 3. The van der Waals surface area contributed by atoms with Crippen molar-refractivity contribution in [2.24, 2.45) is 0 Å². The van der Waals surface area contributed by atoms with Crippen molar-refractivity contribution < 1.29 is 4.39 Å². The van der Waals surface area contributed by atoms with Gasteiger partial charge in [-0.1, -0.05) is 11.6 Å². The summed E-state index contributed by atoms with van der Waals surface area (Å²) in [5.41, 5.74) is 0. The lowest BCUT2D eigenvalue weighted by molar-refractivity contribution is 0.601. The van der Waals surface area contributed by atoms with Crippen LogP contribution >= 0.6 is 40.2 Å². The topological polar surface area (TPSA) is 0 Å². The molecule has 1 aromatic rings. The molecule has 1 rings (SSSR count). The van der Waals surface area contributed by atoms with Gasteiger partial charge in [-0.05, 0) is 28.1 Å². The molecule has 0 radical (unpaired) electrons. The molecule has 0 saturated carbocycles. The molecule has 0 fully saturated rings. The summed E-state index contributed by atoms with van der Waals surface area (Å²) in [6.07, 6.45) is 0. The summed E-state index contributed by atoms with van der Waals surface area (Å²) < 4.78 is 13.4. The van der Waals surface area contributed by atoms with Crippen LogP contribution < -0.4 is 0 Å². The third kappa shape index (κ3) is 1.47. The third-order valence-corrected chi connectivity index (χ3v) is 2.72. The Morgan fingerprint density at radius 2 is 2.10 bits per heavy atom. The zero-order valence-corrected chi connectivity index (χ0v) is 7.97. The van der Waals surface area contributed by atoms with E-state index in [1.165, 1.54) is 6.07 Å². The minimum absolute atomic E-state index is 0.0909. The lowest BCUT2D eigenvalue weighted by Gasteiger charge is -1.98. The van der Waals surface area contributed by atoms with Crippen LogP contribution in [-0.4, -0.2) is 0 Å². The lowest BCUT2D eigenvalue weighted by Crippen LogP contribution is -1.80. The van der Waals surface area contributed by atoms with Crippen molar-refractivity contribution in [2.45, 2.75) is 4.90 Å². The summed E-state index contributed by atoms with van der Waals surface area (Å²) in [7, 11) is 0. The number of hydrogen-bond acceptors (Lipinski definition) is 1. The molecule has 0 bridgehead atoms. The average molecular weight is 242 g/mol. The van der Waals surface area contributed by atoms with Crippen LogP contribution in [0, 0.1) is 5.82 Å². The minimum atomic E-state index is -0.487. The predicted molar refractivity (Wildman–Crippen MR) is 46.4 cm³/mol. The van der Waals surface area contributed by atoms with Crippen molar-refractivity contribution >= 4 is 40.2 Å². The summed E-state index contributed by atoms with van der Waals surface area (Å²) in [5.74, 6) is -0.487. The normalized spacial score (nSPS) is 10.0. The van der Waals surface area contributed by atoms with E-state index < -0.39 is 5.82 Å². The summed E-state index contributed by atoms with van der Waals surface area (Å²) in [6.45, 7) is 0. The Morgan fingerprint density at radius 1 is 1.50 bits per heavy atom. The molecule has 0 aliphatic rings. The predicted octanol–water partition coefficient (Wildman–Crippen LogP) is 3.53. The highest BCUT2D eigenvalue weighted by molar-refractivity contribution is 9.10. The molecule has 0 unspecified atom stereocenters. The largest absolute Gasteiger partial charge is 0.204 e. The van der Waals surface area contributed by atoms with Gasteiger partial charge in [-0.3, -0.25) is 0 Å². The highest BCUT2D eigenvalue weighted by Crippen LogP contribution is 2.28. The highest BCUT2D eigenvalue weighted by Gasteiger charge is 2.05. The molecule has 0 nitrogen and oxygen atoms in total. The molecule has 0 aliphatic carbocycles. The fourth-order valence-corrected chi connectivity index (χ4v) is 1.24. The number of rotatable bonds is 0. The van der Waals surface area contributed by atoms with Gasteiger partial charge in [-0.2, -0.15) is 0 Å². The standard InChI is InChI=1S/C6H3BrClFS/c7-3-1-2-4(8)5(9)6(3)10/h1-2,10H. The van der Waals surface area contributed by atoms with Gasteiger partial charge in [0.1, 0.15) is 0 Å². The van der Waals surface area contributed by atoms with Crippen molar-refractivity contribution in [2.75, 3.05) is 0 Å². The molecule has 0 spiro atoms. The molecule has 0 amide bonds. The Kier molecular flexibility index (Phi) is 2.61. The van der Waals surface area contributed by atoms with Crippen molar-refractivity contribution in [3.05, 3.63) is 27.4 Å². The minimum Gasteiger partial charge on any atom is -0.204 e. The van der Waals surface area contributed by atoms with E-state index in [0.717, 1.165) is 0 Å². The zero-order valence-electron chi connectivity index (χ0n) is 4.74. The monoisotopic (exact) mass is 240 g/mol. The second kappa shape index (κ2) is 3.11. The lowest BCUT2D eigenvalue weighted by atomic mass is 10.3. The number of benzene rings is 1. The van der Waals surface area contributed by atoms with Crippen LogP contribution in [-0.2, 0) is 0 Å². The van der Waals surface area contributed by atoms with E-state index in [2.05, 4.69) is 28.6 Å². The van der Waals surface area contributed by atoms with E-state index in [9.17, 15) is 4.39 Å². The first-order chi connectivity index (χ1) is 4.63. The molecular formula is C6H3BrClFS. The fraction of sp³-hybridized carbons (Fsp3) is 0. The fourth-order valence-electron chi connectivity index (χ4n) is 0.516. The Labute approximate surface area is 76.9 Å². The molecule has 0 atom stereocenters. The first kappa shape index (κ1) is 8.37. The van der Waals surface area contributed by atoms with Crippen LogP contribution in [0.1, 0.15) is 0 Å². The number of hydrogen-bond donors (Lipinski definition) is 1. The van der Waals surface area contributed by atoms with Gasteiger partial charge in [0.15, 0.2) is 5.82 Å². The van der Waals surface area contributed by atoms with Crippen molar-refractivity contribution in [1.29, 1.82) is 0 Å². The highest BCUT2D eigenvalue weighted by atomic mass is 79.9. The Bertz CT molecular complexity index is 237. The smallest absolute Gasteiger partial charge is 0.156 e.